The van der Waals surface area contributed by atoms with Crippen LogP contribution < -0.4 is 5.32 Å². The summed E-state index contributed by atoms with van der Waals surface area (Å²) in [5.41, 5.74) is 1.15. The lowest BCUT2D eigenvalue weighted by Crippen LogP contribution is -2.48. The van der Waals surface area contributed by atoms with Gasteiger partial charge in [-0.05, 0) is 37.0 Å². The highest BCUT2D eigenvalue weighted by Crippen LogP contribution is 2.30. The number of likely N-dealkylation sites (tertiary alicyclic amines) is 2. The Labute approximate surface area is 218 Å². The molecule has 3 saturated heterocycles. The molecule has 0 aromatic heterocycles. The van der Waals surface area contributed by atoms with Crippen LogP contribution >= 0.6 is 0 Å². The second kappa shape index (κ2) is 10.9. The summed E-state index contributed by atoms with van der Waals surface area (Å²) < 4.78 is 32.1. The molecule has 0 bridgehead atoms. The first-order valence-electron chi connectivity index (χ1n) is 12.7. The smallest absolute Gasteiger partial charge is 0.418 e. The van der Waals surface area contributed by atoms with Crippen LogP contribution in [0.5, 0.6) is 0 Å². The number of carbonyl (C=O) groups excluding carboxylic acids is 2. The predicted octanol–water partition coefficient (Wildman–Crippen LogP) is 3.71. The number of halogens is 2. The van der Waals surface area contributed by atoms with Crippen molar-refractivity contribution in [3.05, 3.63) is 81.2 Å². The van der Waals surface area contributed by atoms with E-state index in [0.717, 1.165) is 42.1 Å². The number of imide groups is 1. The Morgan fingerprint density at radius 2 is 1.89 bits per heavy atom. The van der Waals surface area contributed by atoms with Crippen LogP contribution in [0.4, 0.5) is 18.4 Å². The zero-order valence-electron chi connectivity index (χ0n) is 20.7. The van der Waals surface area contributed by atoms with E-state index in [-0.39, 0.29) is 34.9 Å². The van der Waals surface area contributed by atoms with Gasteiger partial charge in [-0.3, -0.25) is 15.0 Å². The van der Waals surface area contributed by atoms with Crippen molar-refractivity contribution >= 4 is 12.1 Å². The third-order valence-corrected chi connectivity index (χ3v) is 7.63. The van der Waals surface area contributed by atoms with E-state index in [2.05, 4.69) is 15.1 Å². The van der Waals surface area contributed by atoms with Gasteiger partial charge in [0.05, 0.1) is 10.6 Å². The molecule has 12 heteroatoms. The minimum Gasteiger partial charge on any atom is -0.446 e. The van der Waals surface area contributed by atoms with Crippen molar-refractivity contribution in [3.8, 4) is 0 Å². The first-order chi connectivity index (χ1) is 18.3. The van der Waals surface area contributed by atoms with Crippen LogP contribution in [0, 0.1) is 21.7 Å². The first kappa shape index (κ1) is 25.8. The minimum absolute atomic E-state index is 0.132. The second-order valence-corrected chi connectivity index (χ2v) is 9.86. The van der Waals surface area contributed by atoms with E-state index in [0.29, 0.717) is 32.5 Å². The molecule has 1 aromatic rings. The molecule has 1 aliphatic carbocycles. The summed E-state index contributed by atoms with van der Waals surface area (Å²) in [6.07, 6.45) is 9.08. The summed E-state index contributed by atoms with van der Waals surface area (Å²) >= 11 is 0. The average Bonchev–Trinajstić information content (AvgIpc) is 3.44. The Bertz CT molecular complexity index is 1210. The number of nitrogens with zero attached hydrogens (tertiary/aromatic N) is 4. The standard InChI is InChI=1S/C26H29F2N5O5/c27-20-7-6-17(14-21(20)28)24-16-38-26(35)32(24)25(34)29-18-8-11-31(15-18)19-9-12-30(13-10-19)22-4-2-1-3-5-23(22)33(36)37/h1-3,5-7,14,18-19,24H,4,8-13,15-16H2,(H,29,34). The molecule has 0 spiro atoms. The van der Waals surface area contributed by atoms with Crippen LogP contribution in [0.2, 0.25) is 0 Å². The van der Waals surface area contributed by atoms with Gasteiger partial charge >= 0.3 is 12.1 Å². The molecule has 1 N–H and O–H groups in total. The largest absolute Gasteiger partial charge is 0.446 e. The van der Waals surface area contributed by atoms with Gasteiger partial charge in [0.2, 0.25) is 0 Å². The van der Waals surface area contributed by atoms with Crippen molar-refractivity contribution < 1.29 is 28.0 Å². The van der Waals surface area contributed by atoms with Crippen molar-refractivity contribution in [2.75, 3.05) is 32.8 Å². The Balaban J connectivity index is 1.16. The van der Waals surface area contributed by atoms with Crippen molar-refractivity contribution in [1.82, 2.24) is 20.0 Å². The molecule has 0 saturated carbocycles. The van der Waals surface area contributed by atoms with Gasteiger partial charge in [-0.15, -0.1) is 0 Å². The van der Waals surface area contributed by atoms with E-state index >= 15 is 0 Å². The number of ether oxygens (including phenoxy) is 1. The molecule has 3 fully saturated rings. The molecule has 38 heavy (non-hydrogen) atoms. The fourth-order valence-electron chi connectivity index (χ4n) is 5.66. The highest BCUT2D eigenvalue weighted by Gasteiger charge is 2.41. The number of allylic oxidation sites excluding steroid dienone is 4. The maximum Gasteiger partial charge on any atom is 0.418 e. The number of cyclic esters (lactones) is 1. The minimum atomic E-state index is -1.06. The average molecular weight is 530 g/mol. The predicted molar refractivity (Wildman–Crippen MR) is 132 cm³/mol. The van der Waals surface area contributed by atoms with E-state index in [9.17, 15) is 28.5 Å². The van der Waals surface area contributed by atoms with Crippen LogP contribution in [-0.2, 0) is 4.74 Å². The van der Waals surface area contributed by atoms with E-state index in [1.807, 2.05) is 12.2 Å². The number of amides is 3. The molecule has 3 heterocycles. The summed E-state index contributed by atoms with van der Waals surface area (Å²) in [4.78, 5) is 41.8. The lowest BCUT2D eigenvalue weighted by Gasteiger charge is -2.38. The Kier molecular flexibility index (Phi) is 7.41. The van der Waals surface area contributed by atoms with Crippen LogP contribution in [0.15, 0.2) is 53.9 Å². The molecule has 10 nitrogen and oxygen atoms in total. The quantitative estimate of drug-likeness (QED) is 0.458. The molecular formula is C26H29F2N5O5. The number of nitrogens with one attached hydrogen (secondary N) is 1. The third-order valence-electron chi connectivity index (χ3n) is 7.63. The molecule has 202 valence electrons. The van der Waals surface area contributed by atoms with Gasteiger partial charge in [0.15, 0.2) is 11.6 Å². The highest BCUT2D eigenvalue weighted by atomic mass is 19.2. The third kappa shape index (κ3) is 5.26. The monoisotopic (exact) mass is 529 g/mol. The molecular weight excluding hydrogens is 500 g/mol. The lowest BCUT2D eigenvalue weighted by molar-refractivity contribution is -0.421. The van der Waals surface area contributed by atoms with E-state index in [1.54, 1.807) is 12.2 Å². The number of hydrogen-bond acceptors (Lipinski definition) is 7. The number of piperidine rings is 1. The summed E-state index contributed by atoms with van der Waals surface area (Å²) in [5, 5.41) is 14.4. The maximum atomic E-state index is 13.7. The van der Waals surface area contributed by atoms with Gasteiger partial charge < -0.3 is 15.0 Å². The molecule has 4 aliphatic rings. The SMILES string of the molecule is O=C(NC1CCN(C2CCN(C3=C([N+](=O)[O-])C=CC=CC3)CC2)C1)N1C(=O)OCC1c1ccc(F)c(F)c1. The molecule has 0 radical (unpaired) electrons. The van der Waals surface area contributed by atoms with E-state index in [4.69, 9.17) is 4.74 Å². The van der Waals surface area contributed by atoms with Crippen molar-refractivity contribution in [2.24, 2.45) is 0 Å². The summed E-state index contributed by atoms with van der Waals surface area (Å²) in [6.45, 7) is 2.68. The maximum absolute atomic E-state index is 13.7. The molecule has 5 rings (SSSR count). The number of benzene rings is 1. The van der Waals surface area contributed by atoms with Gasteiger partial charge in [-0.25, -0.2) is 23.3 Å². The summed E-state index contributed by atoms with van der Waals surface area (Å²) in [6, 6.07) is 1.90. The Morgan fingerprint density at radius 1 is 1.11 bits per heavy atom. The number of rotatable bonds is 5. The van der Waals surface area contributed by atoms with E-state index < -0.39 is 29.8 Å². The number of urea groups is 1. The molecule has 2 unspecified atom stereocenters. The first-order valence-corrected chi connectivity index (χ1v) is 12.7. The van der Waals surface area contributed by atoms with Crippen LogP contribution in [-0.4, -0.2) is 76.6 Å². The molecule has 3 amide bonds. The summed E-state index contributed by atoms with van der Waals surface area (Å²) in [7, 11) is 0. The highest BCUT2D eigenvalue weighted by molar-refractivity contribution is 5.92. The number of hydrogen-bond donors (Lipinski definition) is 1. The molecule has 3 aliphatic heterocycles. The Morgan fingerprint density at radius 3 is 2.63 bits per heavy atom. The molecule has 1 aromatic carbocycles. The lowest BCUT2D eigenvalue weighted by atomic mass is 10.0. The fourth-order valence-corrected chi connectivity index (χ4v) is 5.66. The molecule has 2 atom stereocenters. The van der Waals surface area contributed by atoms with Crippen LogP contribution in [0.3, 0.4) is 0 Å². The normalized spacial score (nSPS) is 24.6. The summed E-state index contributed by atoms with van der Waals surface area (Å²) in [5.74, 6) is -2.07. The van der Waals surface area contributed by atoms with Crippen molar-refractivity contribution in [3.63, 3.8) is 0 Å². The van der Waals surface area contributed by atoms with Gasteiger partial charge in [-0.2, -0.15) is 0 Å². The van der Waals surface area contributed by atoms with E-state index in [1.165, 1.54) is 6.07 Å². The fraction of sp³-hybridized carbons (Fsp3) is 0.462. The Hall–Kier alpha value is -3.80. The van der Waals surface area contributed by atoms with Crippen molar-refractivity contribution in [1.29, 1.82) is 0 Å². The van der Waals surface area contributed by atoms with Crippen LogP contribution in [0.1, 0.15) is 37.3 Å². The second-order valence-electron chi connectivity index (χ2n) is 9.86. The number of nitro groups is 1. The van der Waals surface area contributed by atoms with Gasteiger partial charge in [0.25, 0.3) is 5.70 Å². The van der Waals surface area contributed by atoms with Gasteiger partial charge in [0, 0.05) is 50.8 Å². The van der Waals surface area contributed by atoms with Crippen molar-refractivity contribution in [2.45, 2.75) is 43.8 Å². The zero-order chi connectivity index (χ0) is 26.8. The van der Waals surface area contributed by atoms with Gasteiger partial charge in [0.1, 0.15) is 12.6 Å². The zero-order valence-corrected chi connectivity index (χ0v) is 20.7. The van der Waals surface area contributed by atoms with Gasteiger partial charge in [-0.1, -0.05) is 24.3 Å². The van der Waals surface area contributed by atoms with Crippen LogP contribution in [0.25, 0.3) is 0 Å². The number of carbonyl (C=O) groups is 2. The topological polar surface area (TPSA) is 108 Å².